The number of aliphatic hydroxyl groups excluding tert-OH is 3. The first-order chi connectivity index (χ1) is 7.67. The van der Waals surface area contributed by atoms with Crippen LogP contribution in [0.4, 0.5) is 0 Å². The zero-order valence-corrected chi connectivity index (χ0v) is 10.6. The molecule has 0 aromatic carbocycles. The topological polar surface area (TPSA) is 63.9 Å². The van der Waals surface area contributed by atoms with Crippen molar-refractivity contribution in [2.24, 2.45) is 0 Å². The number of aliphatic hydroxyl groups is 3. The summed E-state index contributed by atoms with van der Waals surface area (Å²) in [4.78, 5) is 1.79. The van der Waals surface area contributed by atoms with Crippen LogP contribution < -0.4 is 0 Å². The second-order valence-corrected chi connectivity index (χ2v) is 2.83. The van der Waals surface area contributed by atoms with Crippen LogP contribution >= 0.6 is 0 Å². The molecule has 0 heterocycles. The maximum atomic E-state index is 8.48. The number of hydrogen-bond acceptors (Lipinski definition) is 4. The minimum absolute atomic E-state index is 0.0694. The molecular formula is C12H27NO3. The maximum absolute atomic E-state index is 8.48. The minimum Gasteiger partial charge on any atom is -0.395 e. The summed E-state index contributed by atoms with van der Waals surface area (Å²) in [6.07, 6.45) is 3.50. The molecule has 98 valence electrons. The van der Waals surface area contributed by atoms with Gasteiger partial charge in [-0.3, -0.25) is 4.90 Å². The lowest BCUT2D eigenvalue weighted by atomic mass is 10.4. The predicted molar refractivity (Wildman–Crippen MR) is 69.4 cm³/mol. The van der Waals surface area contributed by atoms with Gasteiger partial charge in [-0.15, -0.1) is 13.2 Å². The van der Waals surface area contributed by atoms with Crippen molar-refractivity contribution in [1.29, 1.82) is 0 Å². The lowest BCUT2D eigenvalue weighted by Crippen LogP contribution is -2.32. The Balaban J connectivity index is -0.000000235. The van der Waals surface area contributed by atoms with E-state index < -0.39 is 0 Å². The van der Waals surface area contributed by atoms with Gasteiger partial charge < -0.3 is 15.3 Å². The zero-order chi connectivity index (χ0) is 13.2. The fourth-order valence-electron chi connectivity index (χ4n) is 0.760. The van der Waals surface area contributed by atoms with Gasteiger partial charge in [-0.05, 0) is 13.8 Å². The number of allylic oxidation sites excluding steroid dienone is 2. The normalized spacial score (nSPS) is 8.38. The van der Waals surface area contributed by atoms with E-state index in [0.29, 0.717) is 19.6 Å². The molecule has 0 aliphatic rings. The van der Waals surface area contributed by atoms with Crippen LogP contribution in [0.5, 0.6) is 0 Å². The van der Waals surface area contributed by atoms with Gasteiger partial charge in [0.2, 0.25) is 0 Å². The van der Waals surface area contributed by atoms with Crippen LogP contribution in [-0.2, 0) is 0 Å². The molecule has 0 aliphatic carbocycles. The van der Waals surface area contributed by atoms with Crippen molar-refractivity contribution in [3.63, 3.8) is 0 Å². The second kappa shape index (κ2) is 23.9. The van der Waals surface area contributed by atoms with Crippen LogP contribution in [0.3, 0.4) is 0 Å². The zero-order valence-electron chi connectivity index (χ0n) is 10.6. The highest BCUT2D eigenvalue weighted by Crippen LogP contribution is 1.84. The van der Waals surface area contributed by atoms with E-state index in [4.69, 9.17) is 15.3 Å². The van der Waals surface area contributed by atoms with Crippen LogP contribution in [0.25, 0.3) is 0 Å². The van der Waals surface area contributed by atoms with Gasteiger partial charge in [-0.25, -0.2) is 0 Å². The average Bonchev–Trinajstić information content (AvgIpc) is 2.21. The van der Waals surface area contributed by atoms with Crippen molar-refractivity contribution in [2.75, 3.05) is 39.5 Å². The molecule has 0 amide bonds. The van der Waals surface area contributed by atoms with Crippen LogP contribution in [0.1, 0.15) is 13.8 Å². The van der Waals surface area contributed by atoms with Gasteiger partial charge in [0.25, 0.3) is 0 Å². The molecule has 0 saturated carbocycles. The van der Waals surface area contributed by atoms with Crippen molar-refractivity contribution >= 4 is 0 Å². The largest absolute Gasteiger partial charge is 0.395 e. The van der Waals surface area contributed by atoms with E-state index in [-0.39, 0.29) is 19.8 Å². The Bertz CT molecular complexity index is 109. The SMILES string of the molecule is C=CC.C=CC.OCCN(CCO)CCO. The fourth-order valence-corrected chi connectivity index (χ4v) is 0.760. The van der Waals surface area contributed by atoms with E-state index in [2.05, 4.69) is 13.2 Å². The van der Waals surface area contributed by atoms with E-state index >= 15 is 0 Å². The number of rotatable bonds is 6. The highest BCUT2D eigenvalue weighted by molar-refractivity contribution is 4.54. The first kappa shape index (κ1) is 20.7. The van der Waals surface area contributed by atoms with Crippen molar-refractivity contribution in [1.82, 2.24) is 4.90 Å². The van der Waals surface area contributed by atoms with E-state index in [1.165, 1.54) is 0 Å². The van der Waals surface area contributed by atoms with Gasteiger partial charge in [0, 0.05) is 19.6 Å². The summed E-state index contributed by atoms with van der Waals surface area (Å²) in [6.45, 7) is 12.3. The Kier molecular flexibility index (Phi) is 30.9. The third-order valence-electron chi connectivity index (χ3n) is 1.25. The number of hydrogen-bond donors (Lipinski definition) is 3. The first-order valence-corrected chi connectivity index (χ1v) is 5.37. The second-order valence-electron chi connectivity index (χ2n) is 2.83. The summed E-state index contributed by atoms with van der Waals surface area (Å²) in [5, 5.41) is 25.5. The lowest BCUT2D eigenvalue weighted by Gasteiger charge is -2.17. The summed E-state index contributed by atoms with van der Waals surface area (Å²) in [5.74, 6) is 0. The van der Waals surface area contributed by atoms with Crippen molar-refractivity contribution in [3.8, 4) is 0 Å². The standard InChI is InChI=1S/C6H15NO3.2C3H6/c8-4-1-7(2-5-9)3-6-10;2*1-3-2/h8-10H,1-6H2;2*3H,1H2,2H3. The molecule has 0 rings (SSSR count). The summed E-state index contributed by atoms with van der Waals surface area (Å²) < 4.78 is 0. The molecule has 0 atom stereocenters. The third kappa shape index (κ3) is 29.2. The molecule has 0 saturated heterocycles. The van der Waals surface area contributed by atoms with E-state index in [1.54, 1.807) is 17.1 Å². The van der Waals surface area contributed by atoms with Gasteiger partial charge in [0.05, 0.1) is 19.8 Å². The van der Waals surface area contributed by atoms with Crippen molar-refractivity contribution < 1.29 is 15.3 Å². The molecule has 0 aromatic rings. The molecule has 3 N–H and O–H groups in total. The van der Waals surface area contributed by atoms with Crippen molar-refractivity contribution in [2.45, 2.75) is 13.8 Å². The van der Waals surface area contributed by atoms with Gasteiger partial charge in [-0.1, -0.05) is 12.2 Å². The van der Waals surface area contributed by atoms with Crippen LogP contribution in [0.15, 0.2) is 25.3 Å². The molecule has 0 aliphatic heterocycles. The third-order valence-corrected chi connectivity index (χ3v) is 1.25. The van der Waals surface area contributed by atoms with Crippen LogP contribution in [0, 0.1) is 0 Å². The summed E-state index contributed by atoms with van der Waals surface area (Å²) in [7, 11) is 0. The van der Waals surface area contributed by atoms with E-state index in [9.17, 15) is 0 Å². The highest BCUT2D eigenvalue weighted by Gasteiger charge is 2.00. The highest BCUT2D eigenvalue weighted by atomic mass is 16.3. The molecule has 0 radical (unpaired) electrons. The van der Waals surface area contributed by atoms with E-state index in [1.807, 2.05) is 13.8 Å². The quantitative estimate of drug-likeness (QED) is 0.589. The molecule has 4 heteroatoms. The minimum atomic E-state index is 0.0694. The molecule has 0 fully saturated rings. The Morgan fingerprint density at radius 2 is 1.00 bits per heavy atom. The Labute approximate surface area is 99.5 Å². The Hall–Kier alpha value is -0.680. The molecule has 4 nitrogen and oxygen atoms in total. The smallest absolute Gasteiger partial charge is 0.0558 e. The summed E-state index contributed by atoms with van der Waals surface area (Å²) in [5.41, 5.74) is 0. The average molecular weight is 233 g/mol. The predicted octanol–water partition coefficient (Wildman–Crippen LogP) is 0.650. The molecule has 0 spiro atoms. The molecule has 16 heavy (non-hydrogen) atoms. The lowest BCUT2D eigenvalue weighted by molar-refractivity contribution is 0.136. The van der Waals surface area contributed by atoms with Gasteiger partial charge >= 0.3 is 0 Å². The van der Waals surface area contributed by atoms with Crippen molar-refractivity contribution in [3.05, 3.63) is 25.3 Å². The fraction of sp³-hybridized carbons (Fsp3) is 0.667. The maximum Gasteiger partial charge on any atom is 0.0558 e. The first-order valence-electron chi connectivity index (χ1n) is 5.37. The van der Waals surface area contributed by atoms with Crippen LogP contribution in [-0.4, -0.2) is 59.7 Å². The monoisotopic (exact) mass is 233 g/mol. The molecule has 0 bridgehead atoms. The Morgan fingerprint density at radius 3 is 1.12 bits per heavy atom. The van der Waals surface area contributed by atoms with Gasteiger partial charge in [0.15, 0.2) is 0 Å². The summed E-state index contributed by atoms with van der Waals surface area (Å²) in [6, 6.07) is 0. The van der Waals surface area contributed by atoms with Gasteiger partial charge in [-0.2, -0.15) is 0 Å². The number of nitrogens with zero attached hydrogens (tertiary/aromatic N) is 1. The molecule has 0 aromatic heterocycles. The molecular weight excluding hydrogens is 206 g/mol. The van der Waals surface area contributed by atoms with Gasteiger partial charge in [0.1, 0.15) is 0 Å². The Morgan fingerprint density at radius 1 is 0.812 bits per heavy atom. The molecule has 0 unspecified atom stereocenters. The van der Waals surface area contributed by atoms with Crippen LogP contribution in [0.2, 0.25) is 0 Å². The van der Waals surface area contributed by atoms with E-state index in [0.717, 1.165) is 0 Å². The summed E-state index contributed by atoms with van der Waals surface area (Å²) >= 11 is 0.